The maximum absolute atomic E-state index is 10.9. The first kappa shape index (κ1) is 16.2. The summed E-state index contributed by atoms with van der Waals surface area (Å²) in [6, 6.07) is 2.80. The van der Waals surface area contributed by atoms with Crippen molar-refractivity contribution in [2.45, 2.75) is 46.0 Å². The van der Waals surface area contributed by atoms with Crippen LogP contribution in [0.25, 0.3) is 0 Å². The zero-order valence-electron chi connectivity index (χ0n) is 12.2. The Kier molecular flexibility index (Phi) is 7.39. The van der Waals surface area contributed by atoms with Gasteiger partial charge >= 0.3 is 0 Å². The van der Waals surface area contributed by atoms with Gasteiger partial charge < -0.3 is 10.1 Å². The van der Waals surface area contributed by atoms with Crippen molar-refractivity contribution in [3.63, 3.8) is 0 Å². The standard InChI is InChI=1S/C14H23N3O3/c1-3-5-6-7-9-20-14-11-12(17(18)19)10-13(16-14)15-8-4-2/h10-11H,3-9H2,1-2H3,(H,15,16). The van der Waals surface area contributed by atoms with Gasteiger partial charge in [-0.2, -0.15) is 4.98 Å². The summed E-state index contributed by atoms with van der Waals surface area (Å²) >= 11 is 0. The number of rotatable bonds is 10. The van der Waals surface area contributed by atoms with E-state index >= 15 is 0 Å². The number of nitrogens with one attached hydrogen (secondary N) is 1. The second-order valence-corrected chi connectivity index (χ2v) is 4.64. The van der Waals surface area contributed by atoms with Crippen LogP contribution in [0.5, 0.6) is 5.88 Å². The van der Waals surface area contributed by atoms with E-state index in [0.717, 1.165) is 25.8 Å². The van der Waals surface area contributed by atoms with Crippen LogP contribution in [0.1, 0.15) is 46.0 Å². The van der Waals surface area contributed by atoms with Crippen molar-refractivity contribution in [2.75, 3.05) is 18.5 Å². The number of aromatic nitrogens is 1. The normalized spacial score (nSPS) is 10.3. The maximum atomic E-state index is 10.9. The van der Waals surface area contributed by atoms with E-state index in [-0.39, 0.29) is 5.69 Å². The summed E-state index contributed by atoms with van der Waals surface area (Å²) in [6.07, 6.45) is 5.31. The number of pyridine rings is 1. The number of hydrogen-bond acceptors (Lipinski definition) is 5. The predicted octanol–water partition coefficient (Wildman–Crippen LogP) is 3.77. The van der Waals surface area contributed by atoms with Crippen LogP contribution >= 0.6 is 0 Å². The lowest BCUT2D eigenvalue weighted by atomic mass is 10.2. The van der Waals surface area contributed by atoms with Crippen LogP contribution in [-0.2, 0) is 0 Å². The average Bonchev–Trinajstić information content (AvgIpc) is 2.44. The summed E-state index contributed by atoms with van der Waals surface area (Å²) in [6.45, 7) is 5.44. The first-order valence-electron chi connectivity index (χ1n) is 7.20. The van der Waals surface area contributed by atoms with Gasteiger partial charge in [-0.1, -0.05) is 33.1 Å². The Morgan fingerprint density at radius 3 is 2.70 bits per heavy atom. The molecule has 0 aliphatic heterocycles. The highest BCUT2D eigenvalue weighted by molar-refractivity contribution is 5.48. The number of hydrogen-bond donors (Lipinski definition) is 1. The number of nitro groups is 1. The summed E-state index contributed by atoms with van der Waals surface area (Å²) in [5.41, 5.74) is 0.00200. The minimum atomic E-state index is -0.428. The van der Waals surface area contributed by atoms with Crippen LogP contribution in [0.2, 0.25) is 0 Å². The second-order valence-electron chi connectivity index (χ2n) is 4.64. The Hall–Kier alpha value is -1.85. The molecular weight excluding hydrogens is 258 g/mol. The van der Waals surface area contributed by atoms with Crippen molar-refractivity contribution in [1.82, 2.24) is 4.98 Å². The molecule has 1 N–H and O–H groups in total. The SMILES string of the molecule is CCCCCCOc1cc([N+](=O)[O-])cc(NCCC)n1. The fraction of sp³-hybridized carbons (Fsp3) is 0.643. The molecular formula is C14H23N3O3. The van der Waals surface area contributed by atoms with E-state index in [1.807, 2.05) is 6.92 Å². The van der Waals surface area contributed by atoms with Crippen molar-refractivity contribution in [3.8, 4) is 5.88 Å². The summed E-state index contributed by atoms with van der Waals surface area (Å²) in [5, 5.41) is 13.9. The number of unbranched alkanes of at least 4 members (excludes halogenated alkanes) is 3. The predicted molar refractivity (Wildman–Crippen MR) is 79.3 cm³/mol. The van der Waals surface area contributed by atoms with E-state index in [9.17, 15) is 10.1 Å². The number of anilines is 1. The van der Waals surface area contributed by atoms with Crippen LogP contribution in [0.4, 0.5) is 11.5 Å². The smallest absolute Gasteiger partial charge is 0.278 e. The third-order valence-electron chi connectivity index (χ3n) is 2.80. The van der Waals surface area contributed by atoms with E-state index in [1.165, 1.54) is 25.0 Å². The fourth-order valence-corrected chi connectivity index (χ4v) is 1.72. The van der Waals surface area contributed by atoms with Crippen molar-refractivity contribution in [3.05, 3.63) is 22.2 Å². The molecule has 0 aliphatic carbocycles. The molecule has 0 aromatic carbocycles. The molecule has 1 aromatic rings. The van der Waals surface area contributed by atoms with Gasteiger partial charge in [0.25, 0.3) is 5.69 Å². The molecule has 0 bridgehead atoms. The minimum Gasteiger partial charge on any atom is -0.477 e. The average molecular weight is 281 g/mol. The molecule has 0 radical (unpaired) electrons. The maximum Gasteiger partial charge on any atom is 0.278 e. The molecule has 20 heavy (non-hydrogen) atoms. The fourth-order valence-electron chi connectivity index (χ4n) is 1.72. The molecule has 0 saturated heterocycles. The second kappa shape index (κ2) is 9.12. The van der Waals surface area contributed by atoms with E-state index in [0.29, 0.717) is 18.3 Å². The molecule has 0 aliphatic rings. The Morgan fingerprint density at radius 1 is 1.25 bits per heavy atom. The van der Waals surface area contributed by atoms with Gasteiger partial charge in [0, 0.05) is 6.54 Å². The molecule has 0 atom stereocenters. The Bertz CT molecular complexity index is 424. The Labute approximate surface area is 119 Å². The molecule has 6 nitrogen and oxygen atoms in total. The van der Waals surface area contributed by atoms with Crippen LogP contribution < -0.4 is 10.1 Å². The van der Waals surface area contributed by atoms with E-state index in [4.69, 9.17) is 4.74 Å². The lowest BCUT2D eigenvalue weighted by molar-refractivity contribution is -0.384. The molecule has 1 aromatic heterocycles. The molecule has 6 heteroatoms. The van der Waals surface area contributed by atoms with Crippen molar-refractivity contribution < 1.29 is 9.66 Å². The van der Waals surface area contributed by atoms with Gasteiger partial charge in [0.15, 0.2) is 0 Å². The third kappa shape index (κ3) is 5.86. The van der Waals surface area contributed by atoms with Gasteiger partial charge in [-0.3, -0.25) is 10.1 Å². The summed E-state index contributed by atoms with van der Waals surface area (Å²) in [7, 11) is 0. The van der Waals surface area contributed by atoms with E-state index in [1.54, 1.807) is 0 Å². The van der Waals surface area contributed by atoms with E-state index in [2.05, 4.69) is 17.2 Å². The monoisotopic (exact) mass is 281 g/mol. The van der Waals surface area contributed by atoms with Gasteiger partial charge in [-0.25, -0.2) is 0 Å². The van der Waals surface area contributed by atoms with Crippen molar-refractivity contribution in [2.24, 2.45) is 0 Å². The summed E-state index contributed by atoms with van der Waals surface area (Å²) in [5.74, 6) is 0.805. The summed E-state index contributed by atoms with van der Waals surface area (Å²) < 4.78 is 5.51. The van der Waals surface area contributed by atoms with Gasteiger partial charge in [0.2, 0.25) is 5.88 Å². The molecule has 0 spiro atoms. The zero-order valence-corrected chi connectivity index (χ0v) is 12.2. The first-order valence-corrected chi connectivity index (χ1v) is 7.20. The highest BCUT2D eigenvalue weighted by Gasteiger charge is 2.11. The Balaban J connectivity index is 2.63. The first-order chi connectivity index (χ1) is 9.67. The van der Waals surface area contributed by atoms with Crippen molar-refractivity contribution >= 4 is 11.5 Å². The van der Waals surface area contributed by atoms with Gasteiger partial charge in [-0.15, -0.1) is 0 Å². The molecule has 0 amide bonds. The van der Waals surface area contributed by atoms with Gasteiger partial charge in [0.05, 0.1) is 23.7 Å². The van der Waals surface area contributed by atoms with Crippen LogP contribution in [0, 0.1) is 10.1 Å². The van der Waals surface area contributed by atoms with Crippen molar-refractivity contribution in [1.29, 1.82) is 0 Å². The Morgan fingerprint density at radius 2 is 2.05 bits per heavy atom. The zero-order chi connectivity index (χ0) is 14.8. The summed E-state index contributed by atoms with van der Waals surface area (Å²) in [4.78, 5) is 14.7. The molecule has 0 saturated carbocycles. The van der Waals surface area contributed by atoms with Crippen LogP contribution in [-0.4, -0.2) is 23.1 Å². The molecule has 112 valence electrons. The quantitative estimate of drug-likeness (QED) is 0.401. The third-order valence-corrected chi connectivity index (χ3v) is 2.80. The topological polar surface area (TPSA) is 77.3 Å². The lowest BCUT2D eigenvalue weighted by Gasteiger charge is -2.08. The number of nitrogens with zero attached hydrogens (tertiary/aromatic N) is 2. The molecule has 1 rings (SSSR count). The largest absolute Gasteiger partial charge is 0.477 e. The van der Waals surface area contributed by atoms with Crippen LogP contribution in [0.3, 0.4) is 0 Å². The highest BCUT2D eigenvalue weighted by atomic mass is 16.6. The van der Waals surface area contributed by atoms with Gasteiger partial charge in [0.1, 0.15) is 5.82 Å². The van der Waals surface area contributed by atoms with Gasteiger partial charge in [-0.05, 0) is 12.8 Å². The van der Waals surface area contributed by atoms with E-state index < -0.39 is 4.92 Å². The molecule has 0 unspecified atom stereocenters. The molecule has 1 heterocycles. The minimum absolute atomic E-state index is 0.00200. The molecule has 0 fully saturated rings. The number of ether oxygens (including phenoxy) is 1. The van der Waals surface area contributed by atoms with Crippen LogP contribution in [0.15, 0.2) is 12.1 Å². The lowest BCUT2D eigenvalue weighted by Crippen LogP contribution is -2.05. The highest BCUT2D eigenvalue weighted by Crippen LogP contribution is 2.22.